The van der Waals surface area contributed by atoms with Crippen LogP contribution >= 0.6 is 0 Å². The van der Waals surface area contributed by atoms with Gasteiger partial charge in [0.05, 0.1) is 10.5 Å². The van der Waals surface area contributed by atoms with E-state index in [2.05, 4.69) is 10.0 Å². The average molecular weight is 386 g/mol. The van der Waals surface area contributed by atoms with E-state index in [1.807, 2.05) is 37.3 Å². The number of nitrogens with one attached hydrogen (secondary N) is 2. The van der Waals surface area contributed by atoms with Crippen molar-refractivity contribution in [3.05, 3.63) is 64.7 Å². The molecule has 2 aromatic rings. The van der Waals surface area contributed by atoms with Crippen molar-refractivity contribution in [1.82, 2.24) is 10.0 Å². The zero-order valence-corrected chi connectivity index (χ0v) is 16.1. The van der Waals surface area contributed by atoms with Gasteiger partial charge in [0.25, 0.3) is 5.91 Å². The zero-order valence-electron chi connectivity index (χ0n) is 15.3. The summed E-state index contributed by atoms with van der Waals surface area (Å²) in [6.45, 7) is 4.07. The molecule has 142 valence electrons. The van der Waals surface area contributed by atoms with Gasteiger partial charge in [0.1, 0.15) is 12.4 Å². The molecule has 1 aliphatic rings. The molecule has 7 heteroatoms. The fraction of sp³-hybridized carbons (Fsp3) is 0.250. The highest BCUT2D eigenvalue weighted by molar-refractivity contribution is 7.89. The van der Waals surface area contributed by atoms with Crippen LogP contribution in [0, 0.1) is 13.8 Å². The fourth-order valence-electron chi connectivity index (χ4n) is 2.80. The number of aryl methyl sites for hydroxylation is 2. The van der Waals surface area contributed by atoms with E-state index in [0.717, 1.165) is 16.9 Å². The molecule has 0 fully saturated rings. The molecule has 1 aliphatic heterocycles. The van der Waals surface area contributed by atoms with Crippen LogP contribution in [0.5, 0.6) is 5.75 Å². The molecule has 0 aliphatic carbocycles. The number of para-hydroxylation sites is 1. The molecule has 0 aromatic heterocycles. The molecule has 0 bridgehead atoms. The molecule has 0 saturated carbocycles. The maximum absolute atomic E-state index is 12.4. The van der Waals surface area contributed by atoms with Crippen LogP contribution in [0.1, 0.15) is 16.7 Å². The van der Waals surface area contributed by atoms with Crippen LogP contribution in [-0.2, 0) is 14.8 Å². The maximum Gasteiger partial charge on any atom is 0.250 e. The van der Waals surface area contributed by atoms with Gasteiger partial charge in [-0.2, -0.15) is 0 Å². The topological polar surface area (TPSA) is 84.5 Å². The molecule has 1 heterocycles. The first-order chi connectivity index (χ1) is 12.9. The van der Waals surface area contributed by atoms with Gasteiger partial charge in [-0.1, -0.05) is 30.3 Å². The molecule has 3 rings (SSSR count). The van der Waals surface area contributed by atoms with Gasteiger partial charge in [0, 0.05) is 18.7 Å². The number of carbonyl (C=O) groups excluding carboxylic acids is 1. The summed E-state index contributed by atoms with van der Waals surface area (Å²) < 4.78 is 33.0. The molecule has 6 nitrogen and oxygen atoms in total. The van der Waals surface area contributed by atoms with Gasteiger partial charge in [0.2, 0.25) is 10.0 Å². The van der Waals surface area contributed by atoms with Crippen molar-refractivity contribution in [2.45, 2.75) is 18.7 Å². The minimum atomic E-state index is -3.62. The molecule has 0 saturated heterocycles. The van der Waals surface area contributed by atoms with Crippen LogP contribution in [0.25, 0.3) is 6.08 Å². The van der Waals surface area contributed by atoms with E-state index in [1.54, 1.807) is 25.1 Å². The van der Waals surface area contributed by atoms with E-state index >= 15 is 0 Å². The summed E-state index contributed by atoms with van der Waals surface area (Å²) in [5, 5.41) is 2.72. The SMILES string of the molecule is Cc1ccc(C)c(S(=O)(=O)NCCNC(=O)C2=Cc3ccccc3OC2)c1. The number of carbonyl (C=O) groups is 1. The lowest BCUT2D eigenvalue weighted by Crippen LogP contribution is -2.36. The second kappa shape index (κ2) is 7.94. The van der Waals surface area contributed by atoms with Crippen LogP contribution in [0.2, 0.25) is 0 Å². The summed E-state index contributed by atoms with van der Waals surface area (Å²) in [6.07, 6.45) is 1.79. The fourth-order valence-corrected chi connectivity index (χ4v) is 4.16. The van der Waals surface area contributed by atoms with Gasteiger partial charge in [-0.3, -0.25) is 4.79 Å². The first-order valence-corrected chi connectivity index (χ1v) is 10.1. The quantitative estimate of drug-likeness (QED) is 0.746. The van der Waals surface area contributed by atoms with Crippen molar-refractivity contribution >= 4 is 22.0 Å². The molecule has 1 amide bonds. The summed E-state index contributed by atoms with van der Waals surface area (Å²) in [5.74, 6) is 0.478. The van der Waals surface area contributed by atoms with Crippen LogP contribution < -0.4 is 14.8 Å². The standard InChI is InChI=1S/C20H22N2O4S/c1-14-7-8-15(2)19(11-14)27(24,25)22-10-9-21-20(23)17-12-16-5-3-4-6-18(16)26-13-17/h3-8,11-12,22H,9-10,13H2,1-2H3,(H,21,23). The van der Waals surface area contributed by atoms with E-state index in [0.29, 0.717) is 11.1 Å². The molecule has 2 aromatic carbocycles. The number of ether oxygens (including phenoxy) is 1. The minimum Gasteiger partial charge on any atom is -0.488 e. The number of rotatable bonds is 6. The van der Waals surface area contributed by atoms with Gasteiger partial charge < -0.3 is 10.1 Å². The molecule has 0 spiro atoms. The number of hydrogen-bond acceptors (Lipinski definition) is 4. The molecular weight excluding hydrogens is 364 g/mol. The van der Waals surface area contributed by atoms with Crippen molar-refractivity contribution in [3.63, 3.8) is 0 Å². The third-order valence-corrected chi connectivity index (χ3v) is 5.86. The summed E-state index contributed by atoms with van der Waals surface area (Å²) in [7, 11) is -3.62. The van der Waals surface area contributed by atoms with Gasteiger partial charge in [-0.25, -0.2) is 13.1 Å². The number of sulfonamides is 1. The lowest BCUT2D eigenvalue weighted by atomic mass is 10.1. The van der Waals surface area contributed by atoms with Crippen molar-refractivity contribution in [1.29, 1.82) is 0 Å². The largest absolute Gasteiger partial charge is 0.488 e. The second-order valence-corrected chi connectivity index (χ2v) is 8.15. The molecule has 0 atom stereocenters. The Labute approximate surface area is 159 Å². The van der Waals surface area contributed by atoms with E-state index in [4.69, 9.17) is 4.74 Å². The average Bonchev–Trinajstić information content (AvgIpc) is 2.66. The smallest absolute Gasteiger partial charge is 0.250 e. The molecule has 2 N–H and O–H groups in total. The lowest BCUT2D eigenvalue weighted by Gasteiger charge is -2.17. The summed E-state index contributed by atoms with van der Waals surface area (Å²) in [6, 6.07) is 12.8. The summed E-state index contributed by atoms with van der Waals surface area (Å²) in [5.41, 5.74) is 2.91. The Bertz CT molecular complexity index is 997. The van der Waals surface area contributed by atoms with Gasteiger partial charge in [0.15, 0.2) is 0 Å². The first kappa shape index (κ1) is 19.1. The highest BCUT2D eigenvalue weighted by Gasteiger charge is 2.18. The van der Waals surface area contributed by atoms with Gasteiger partial charge in [-0.15, -0.1) is 0 Å². The summed E-state index contributed by atoms with van der Waals surface area (Å²) in [4.78, 5) is 12.5. The molecule has 0 unspecified atom stereocenters. The van der Waals surface area contributed by atoms with Crippen molar-refractivity contribution in [2.75, 3.05) is 19.7 Å². The van der Waals surface area contributed by atoms with E-state index in [9.17, 15) is 13.2 Å². The van der Waals surface area contributed by atoms with Crippen LogP contribution in [0.15, 0.2) is 52.9 Å². The Morgan fingerprint density at radius 1 is 1.11 bits per heavy atom. The third-order valence-electron chi connectivity index (χ3n) is 4.26. The van der Waals surface area contributed by atoms with Crippen molar-refractivity contribution in [3.8, 4) is 5.75 Å². The van der Waals surface area contributed by atoms with E-state index < -0.39 is 10.0 Å². The highest BCUT2D eigenvalue weighted by Crippen LogP contribution is 2.25. The zero-order chi connectivity index (χ0) is 19.4. The maximum atomic E-state index is 12.4. The van der Waals surface area contributed by atoms with Crippen LogP contribution in [0.3, 0.4) is 0 Å². The Kier molecular flexibility index (Phi) is 5.62. The molecular formula is C20H22N2O4S. The predicted molar refractivity (Wildman–Crippen MR) is 104 cm³/mol. The predicted octanol–water partition coefficient (Wildman–Crippen LogP) is 2.17. The number of benzene rings is 2. The van der Waals surface area contributed by atoms with E-state index in [-0.39, 0.29) is 30.5 Å². The Morgan fingerprint density at radius 3 is 2.70 bits per heavy atom. The summed E-state index contributed by atoms with van der Waals surface area (Å²) >= 11 is 0. The Balaban J connectivity index is 1.55. The monoisotopic (exact) mass is 386 g/mol. The number of hydrogen-bond donors (Lipinski definition) is 2. The number of amides is 1. The van der Waals surface area contributed by atoms with E-state index in [1.165, 1.54) is 0 Å². The normalized spacial score (nSPS) is 13.3. The lowest BCUT2D eigenvalue weighted by molar-refractivity contribution is -0.117. The van der Waals surface area contributed by atoms with Gasteiger partial charge in [-0.05, 0) is 43.2 Å². The van der Waals surface area contributed by atoms with Crippen LogP contribution in [0.4, 0.5) is 0 Å². The van der Waals surface area contributed by atoms with Crippen LogP contribution in [-0.4, -0.2) is 34.0 Å². The minimum absolute atomic E-state index is 0.103. The number of fused-ring (bicyclic) bond motifs is 1. The van der Waals surface area contributed by atoms with Crippen molar-refractivity contribution < 1.29 is 17.9 Å². The third kappa shape index (κ3) is 4.56. The first-order valence-electron chi connectivity index (χ1n) is 8.64. The van der Waals surface area contributed by atoms with Gasteiger partial charge >= 0.3 is 0 Å². The molecule has 0 radical (unpaired) electrons. The Morgan fingerprint density at radius 2 is 1.89 bits per heavy atom. The molecule has 27 heavy (non-hydrogen) atoms. The van der Waals surface area contributed by atoms with Crippen molar-refractivity contribution in [2.24, 2.45) is 0 Å². The Hall–Kier alpha value is -2.64. The highest BCUT2D eigenvalue weighted by atomic mass is 32.2. The second-order valence-electron chi connectivity index (χ2n) is 6.42.